The lowest BCUT2D eigenvalue weighted by molar-refractivity contribution is -0.384. The number of carbonyl (C=O) groups excluding carboxylic acids is 1. The van der Waals surface area contributed by atoms with Crippen molar-refractivity contribution < 1.29 is 9.72 Å². The Morgan fingerprint density at radius 1 is 1.14 bits per heavy atom. The molecule has 0 bridgehead atoms. The van der Waals surface area contributed by atoms with Gasteiger partial charge in [-0.05, 0) is 53.0 Å². The number of anilines is 1. The molecular weight excluding hydrogens is 562 g/mol. The topological polar surface area (TPSA) is 96.3 Å². The van der Waals surface area contributed by atoms with Crippen LogP contribution >= 0.6 is 69.6 Å². The molecule has 1 atom stereocenters. The van der Waals surface area contributed by atoms with Gasteiger partial charge < -0.3 is 16.0 Å². The molecule has 0 fully saturated rings. The normalized spacial score (nSPS) is 12.0. The van der Waals surface area contributed by atoms with Gasteiger partial charge in [0.2, 0.25) is 3.79 Å². The first kappa shape index (κ1) is 22.9. The van der Waals surface area contributed by atoms with Crippen LogP contribution in [0.25, 0.3) is 0 Å². The number of hydrogen-bond donors (Lipinski definition) is 3. The summed E-state index contributed by atoms with van der Waals surface area (Å²) < 4.78 is -1.04. The summed E-state index contributed by atoms with van der Waals surface area (Å²) in [6, 6.07) is 12.5. The lowest BCUT2D eigenvalue weighted by Gasteiger charge is -2.28. The Morgan fingerprint density at radius 2 is 1.82 bits per heavy atom. The van der Waals surface area contributed by atoms with E-state index in [1.54, 1.807) is 0 Å². The van der Waals surface area contributed by atoms with Crippen LogP contribution in [0.2, 0.25) is 0 Å². The Balaban J connectivity index is 2.12. The molecule has 7 nitrogen and oxygen atoms in total. The van der Waals surface area contributed by atoms with Crippen LogP contribution in [-0.4, -0.2) is 25.9 Å². The predicted octanol–water partition coefficient (Wildman–Crippen LogP) is 4.61. The molecule has 0 radical (unpaired) electrons. The van der Waals surface area contributed by atoms with Gasteiger partial charge in [0.1, 0.15) is 6.17 Å². The summed E-state index contributed by atoms with van der Waals surface area (Å²) in [5.74, 6) is -0.676. The second-order valence-electron chi connectivity index (χ2n) is 5.33. The highest BCUT2D eigenvalue weighted by Gasteiger charge is 2.35. The summed E-state index contributed by atoms with van der Waals surface area (Å²) in [7, 11) is 0. The maximum absolute atomic E-state index is 12.5. The molecule has 0 aliphatic heterocycles. The Hall–Kier alpha value is -1.40. The first-order chi connectivity index (χ1) is 13.1. The lowest BCUT2D eigenvalue weighted by atomic mass is 10.2. The second-order valence-corrected chi connectivity index (χ2v) is 9.27. The van der Waals surface area contributed by atoms with Crippen molar-refractivity contribution in [3.05, 3.63) is 67.8 Å². The van der Waals surface area contributed by atoms with E-state index in [9.17, 15) is 14.9 Å². The SMILES string of the molecule is O=C(N[C@@H](NC(=S)Nc1ccccc1I)C(Cl)(Cl)Cl)c1cccc([N+](=O)[O-])c1. The molecule has 0 heterocycles. The number of halogens is 4. The molecule has 0 saturated heterocycles. The lowest BCUT2D eigenvalue weighted by Crippen LogP contribution is -2.56. The molecule has 0 aromatic heterocycles. The van der Waals surface area contributed by atoms with E-state index < -0.39 is 20.8 Å². The van der Waals surface area contributed by atoms with E-state index in [-0.39, 0.29) is 16.4 Å². The Bertz CT molecular complexity index is 911. The molecule has 1 amide bonds. The Kier molecular flexibility index (Phi) is 8.07. The summed E-state index contributed by atoms with van der Waals surface area (Å²) in [5, 5.41) is 19.1. The standard InChI is InChI=1S/C16H12Cl3IN4O3S/c17-16(18,19)14(23-15(28)21-12-7-2-1-6-11(12)20)22-13(25)9-4-3-5-10(8-9)24(26)27/h1-8,14H,(H,22,25)(H2,21,23,28)/t14-/m0/s1. The van der Waals surface area contributed by atoms with Gasteiger partial charge in [0, 0.05) is 21.3 Å². The quantitative estimate of drug-likeness (QED) is 0.121. The molecule has 2 rings (SSSR count). The summed E-state index contributed by atoms with van der Waals surface area (Å²) >= 11 is 25.2. The van der Waals surface area contributed by atoms with E-state index in [4.69, 9.17) is 47.0 Å². The van der Waals surface area contributed by atoms with Crippen molar-refractivity contribution in [3.63, 3.8) is 0 Å². The van der Waals surface area contributed by atoms with Gasteiger partial charge in [0.15, 0.2) is 5.11 Å². The van der Waals surface area contributed by atoms with E-state index in [1.165, 1.54) is 18.2 Å². The van der Waals surface area contributed by atoms with Crippen LogP contribution < -0.4 is 16.0 Å². The first-order valence-electron chi connectivity index (χ1n) is 7.52. The van der Waals surface area contributed by atoms with E-state index in [2.05, 4.69) is 38.5 Å². The predicted molar refractivity (Wildman–Crippen MR) is 123 cm³/mol. The highest BCUT2D eigenvalue weighted by molar-refractivity contribution is 14.1. The van der Waals surface area contributed by atoms with Crippen molar-refractivity contribution >= 4 is 92.0 Å². The van der Waals surface area contributed by atoms with Crippen molar-refractivity contribution in [2.45, 2.75) is 9.96 Å². The molecule has 28 heavy (non-hydrogen) atoms. The number of thiocarbonyl (C=S) groups is 1. The maximum atomic E-state index is 12.5. The van der Waals surface area contributed by atoms with Crippen LogP contribution in [0.4, 0.5) is 11.4 Å². The largest absolute Gasteiger partial charge is 0.339 e. The molecule has 3 N–H and O–H groups in total. The fourth-order valence-electron chi connectivity index (χ4n) is 2.03. The minimum Gasteiger partial charge on any atom is -0.339 e. The number of carbonyl (C=O) groups is 1. The highest BCUT2D eigenvalue weighted by Crippen LogP contribution is 2.29. The zero-order valence-corrected chi connectivity index (χ0v) is 19.0. The number of para-hydroxylation sites is 1. The summed E-state index contributed by atoms with van der Waals surface area (Å²) in [6.07, 6.45) is -1.20. The molecule has 0 saturated carbocycles. The van der Waals surface area contributed by atoms with Crippen molar-refractivity contribution in [3.8, 4) is 0 Å². The van der Waals surface area contributed by atoms with Gasteiger partial charge in [-0.3, -0.25) is 14.9 Å². The van der Waals surface area contributed by atoms with Gasteiger partial charge in [-0.1, -0.05) is 53.0 Å². The third-order valence-electron chi connectivity index (χ3n) is 3.32. The van der Waals surface area contributed by atoms with E-state index >= 15 is 0 Å². The van der Waals surface area contributed by atoms with Gasteiger partial charge in [0.25, 0.3) is 11.6 Å². The Labute approximate surface area is 194 Å². The number of nitro benzene ring substituents is 1. The monoisotopic (exact) mass is 572 g/mol. The van der Waals surface area contributed by atoms with Gasteiger partial charge in [-0.15, -0.1) is 0 Å². The second kappa shape index (κ2) is 9.88. The van der Waals surface area contributed by atoms with Crippen molar-refractivity contribution in [1.82, 2.24) is 10.6 Å². The third-order valence-corrected chi connectivity index (χ3v) is 5.13. The number of nitro groups is 1. The average molecular weight is 574 g/mol. The van der Waals surface area contributed by atoms with Crippen molar-refractivity contribution in [1.29, 1.82) is 0 Å². The molecule has 0 unspecified atom stereocenters. The first-order valence-corrected chi connectivity index (χ1v) is 10.1. The van der Waals surface area contributed by atoms with E-state index in [0.717, 1.165) is 15.3 Å². The number of nitrogens with zero attached hydrogens (tertiary/aromatic N) is 1. The van der Waals surface area contributed by atoms with Crippen LogP contribution in [0.15, 0.2) is 48.5 Å². The molecule has 0 spiro atoms. The zero-order valence-electron chi connectivity index (χ0n) is 13.8. The molecule has 148 valence electrons. The van der Waals surface area contributed by atoms with Crippen LogP contribution in [0.5, 0.6) is 0 Å². The maximum Gasteiger partial charge on any atom is 0.270 e. The molecule has 0 aliphatic rings. The third kappa shape index (κ3) is 6.59. The molecular formula is C16H12Cl3IN4O3S. The van der Waals surface area contributed by atoms with E-state index in [1.807, 2.05) is 24.3 Å². The van der Waals surface area contributed by atoms with E-state index in [0.29, 0.717) is 0 Å². The summed E-state index contributed by atoms with van der Waals surface area (Å²) in [6.45, 7) is 0. The fraction of sp³-hybridized carbons (Fsp3) is 0.125. The van der Waals surface area contributed by atoms with Crippen molar-refractivity contribution in [2.24, 2.45) is 0 Å². The smallest absolute Gasteiger partial charge is 0.270 e. The molecule has 0 aliphatic carbocycles. The fourth-order valence-corrected chi connectivity index (χ4v) is 3.10. The van der Waals surface area contributed by atoms with Gasteiger partial charge in [0.05, 0.1) is 10.6 Å². The molecule has 12 heteroatoms. The number of alkyl halides is 3. The van der Waals surface area contributed by atoms with Gasteiger partial charge in [-0.2, -0.15) is 0 Å². The number of amides is 1. The Morgan fingerprint density at radius 3 is 2.43 bits per heavy atom. The van der Waals surface area contributed by atoms with Crippen molar-refractivity contribution in [2.75, 3.05) is 5.32 Å². The minimum atomic E-state index is -1.95. The van der Waals surface area contributed by atoms with Crippen LogP contribution in [-0.2, 0) is 0 Å². The summed E-state index contributed by atoms with van der Waals surface area (Å²) in [5.41, 5.74) is 0.530. The van der Waals surface area contributed by atoms with Crippen LogP contribution in [0, 0.1) is 13.7 Å². The minimum absolute atomic E-state index is 0.0340. The molecule has 2 aromatic carbocycles. The van der Waals surface area contributed by atoms with Crippen LogP contribution in [0.1, 0.15) is 10.4 Å². The zero-order chi connectivity index (χ0) is 20.9. The molecule has 2 aromatic rings. The number of rotatable bonds is 5. The average Bonchev–Trinajstić information content (AvgIpc) is 2.62. The number of non-ortho nitro benzene ring substituents is 1. The number of nitrogens with one attached hydrogen (secondary N) is 3. The summed E-state index contributed by atoms with van der Waals surface area (Å²) in [4.78, 5) is 22.7. The van der Waals surface area contributed by atoms with Gasteiger partial charge >= 0.3 is 0 Å². The number of benzene rings is 2. The van der Waals surface area contributed by atoms with Gasteiger partial charge in [-0.25, -0.2) is 0 Å². The highest BCUT2D eigenvalue weighted by atomic mass is 127. The number of hydrogen-bond acceptors (Lipinski definition) is 4. The van der Waals surface area contributed by atoms with Crippen LogP contribution in [0.3, 0.4) is 0 Å².